The van der Waals surface area contributed by atoms with Crippen molar-refractivity contribution in [1.29, 1.82) is 10.5 Å². The highest BCUT2D eigenvalue weighted by atomic mass is 35.5. The number of rotatable bonds is 6. The average molecular weight is 575 g/mol. The zero-order chi connectivity index (χ0) is 28.8. The number of benzene rings is 1. The van der Waals surface area contributed by atoms with Crippen LogP contribution in [-0.4, -0.2) is 92.0 Å². The Morgan fingerprint density at radius 3 is 2.56 bits per heavy atom. The first-order valence-electron chi connectivity index (χ1n) is 13.3. The SMILES string of the molecule is C[C@H]1CN(C2CN(C(=O)C(N)=O)C2)CCN1c1cc(C#N)cc(Nc2nc(NC3CC3)n3ncc(C#N)c3n2)c1Cl. The maximum absolute atomic E-state index is 11.8. The second kappa shape index (κ2) is 10.4. The summed E-state index contributed by atoms with van der Waals surface area (Å²) in [5.41, 5.74) is 7.38. The van der Waals surface area contributed by atoms with Crippen molar-refractivity contribution in [1.82, 2.24) is 29.4 Å². The van der Waals surface area contributed by atoms with Gasteiger partial charge in [-0.05, 0) is 31.9 Å². The fourth-order valence-electron chi connectivity index (χ4n) is 5.29. The molecule has 0 bridgehead atoms. The van der Waals surface area contributed by atoms with E-state index in [2.05, 4.69) is 54.6 Å². The summed E-state index contributed by atoms with van der Waals surface area (Å²) >= 11 is 6.94. The van der Waals surface area contributed by atoms with Gasteiger partial charge in [-0.3, -0.25) is 14.5 Å². The van der Waals surface area contributed by atoms with Crippen molar-refractivity contribution in [2.75, 3.05) is 48.3 Å². The number of hydrogen-bond acceptors (Lipinski definition) is 11. The average Bonchev–Trinajstić information content (AvgIpc) is 3.65. The van der Waals surface area contributed by atoms with Gasteiger partial charge in [0.25, 0.3) is 0 Å². The Morgan fingerprint density at radius 2 is 1.90 bits per heavy atom. The third-order valence-electron chi connectivity index (χ3n) is 7.67. The van der Waals surface area contributed by atoms with Gasteiger partial charge in [0.05, 0.1) is 34.2 Å². The molecule has 15 heteroatoms. The molecule has 14 nitrogen and oxygen atoms in total. The molecule has 41 heavy (non-hydrogen) atoms. The summed E-state index contributed by atoms with van der Waals surface area (Å²) in [7, 11) is 0. The van der Waals surface area contributed by atoms with Gasteiger partial charge in [0.15, 0.2) is 5.65 Å². The number of nitrogens with one attached hydrogen (secondary N) is 2. The van der Waals surface area contributed by atoms with Crippen LogP contribution in [0, 0.1) is 22.7 Å². The van der Waals surface area contributed by atoms with Crippen molar-refractivity contribution in [3.8, 4) is 12.1 Å². The van der Waals surface area contributed by atoms with E-state index in [1.165, 1.54) is 15.6 Å². The zero-order valence-corrected chi connectivity index (χ0v) is 23.0. The monoisotopic (exact) mass is 574 g/mol. The van der Waals surface area contributed by atoms with E-state index in [1.807, 2.05) is 0 Å². The van der Waals surface area contributed by atoms with Crippen molar-refractivity contribution >= 4 is 52.3 Å². The number of anilines is 4. The van der Waals surface area contributed by atoms with E-state index in [4.69, 9.17) is 17.3 Å². The van der Waals surface area contributed by atoms with Crippen LogP contribution < -0.4 is 21.3 Å². The van der Waals surface area contributed by atoms with E-state index in [9.17, 15) is 20.1 Å². The quantitative estimate of drug-likeness (QED) is 0.357. The van der Waals surface area contributed by atoms with E-state index in [0.717, 1.165) is 19.4 Å². The van der Waals surface area contributed by atoms with Gasteiger partial charge >= 0.3 is 11.8 Å². The van der Waals surface area contributed by atoms with Gasteiger partial charge < -0.3 is 26.2 Å². The van der Waals surface area contributed by atoms with E-state index >= 15 is 0 Å². The number of amides is 2. The summed E-state index contributed by atoms with van der Waals surface area (Å²) in [5.74, 6) is -0.900. The van der Waals surface area contributed by atoms with Crippen LogP contribution in [0.1, 0.15) is 30.9 Å². The lowest BCUT2D eigenvalue weighted by atomic mass is 10.0. The fourth-order valence-corrected chi connectivity index (χ4v) is 5.56. The molecule has 2 aliphatic heterocycles. The van der Waals surface area contributed by atoms with Gasteiger partial charge in [-0.25, -0.2) is 0 Å². The van der Waals surface area contributed by atoms with Crippen LogP contribution in [0.4, 0.5) is 23.3 Å². The Hall–Kier alpha value is -4.66. The first kappa shape index (κ1) is 26.6. The predicted octanol–water partition coefficient (Wildman–Crippen LogP) is 1.05. The zero-order valence-electron chi connectivity index (χ0n) is 22.2. The molecular weight excluding hydrogens is 548 g/mol. The Labute approximate surface area is 240 Å². The number of fused-ring (bicyclic) bond motifs is 1. The molecule has 2 saturated heterocycles. The molecule has 210 valence electrons. The molecule has 1 saturated carbocycles. The Balaban J connectivity index is 1.23. The van der Waals surface area contributed by atoms with Crippen LogP contribution in [0.3, 0.4) is 0 Å². The molecule has 3 fully saturated rings. The molecule has 0 unspecified atom stereocenters. The summed E-state index contributed by atoms with van der Waals surface area (Å²) in [4.78, 5) is 38.0. The van der Waals surface area contributed by atoms with Crippen LogP contribution in [-0.2, 0) is 9.59 Å². The van der Waals surface area contributed by atoms with Crippen LogP contribution in [0.5, 0.6) is 0 Å². The number of nitriles is 2. The summed E-state index contributed by atoms with van der Waals surface area (Å²) < 4.78 is 1.51. The van der Waals surface area contributed by atoms with Crippen molar-refractivity contribution < 1.29 is 9.59 Å². The van der Waals surface area contributed by atoms with Crippen molar-refractivity contribution in [3.63, 3.8) is 0 Å². The maximum atomic E-state index is 11.8. The molecule has 0 spiro atoms. The van der Waals surface area contributed by atoms with Gasteiger partial charge in [0.1, 0.15) is 11.6 Å². The number of nitrogens with two attached hydrogens (primary N) is 1. The number of hydrogen-bond donors (Lipinski definition) is 3. The third kappa shape index (κ3) is 5.03. The molecule has 4 heterocycles. The Bertz CT molecular complexity index is 1630. The maximum Gasteiger partial charge on any atom is 0.311 e. The molecule has 3 aliphatic rings. The van der Waals surface area contributed by atoms with Crippen LogP contribution in [0.2, 0.25) is 5.02 Å². The van der Waals surface area contributed by atoms with Gasteiger partial charge in [-0.15, -0.1) is 0 Å². The molecule has 1 aliphatic carbocycles. The topological polar surface area (TPSA) is 185 Å². The molecule has 2 aromatic heterocycles. The summed E-state index contributed by atoms with van der Waals surface area (Å²) in [6.07, 6.45) is 3.50. The van der Waals surface area contributed by atoms with Crippen LogP contribution in [0.15, 0.2) is 18.3 Å². The van der Waals surface area contributed by atoms with Gasteiger partial charge in [-0.2, -0.15) is 30.1 Å². The first-order chi connectivity index (χ1) is 19.7. The minimum absolute atomic E-state index is 0.0517. The second-order valence-electron chi connectivity index (χ2n) is 10.6. The molecule has 1 atom stereocenters. The predicted molar refractivity (Wildman–Crippen MR) is 150 cm³/mol. The second-order valence-corrected chi connectivity index (χ2v) is 10.9. The van der Waals surface area contributed by atoms with Gasteiger partial charge in [0.2, 0.25) is 11.9 Å². The highest BCUT2D eigenvalue weighted by Gasteiger charge is 2.39. The summed E-state index contributed by atoms with van der Waals surface area (Å²) in [5, 5.41) is 30.5. The molecule has 1 aromatic carbocycles. The fraction of sp³-hybridized carbons (Fsp3) is 0.423. The van der Waals surface area contributed by atoms with Crippen molar-refractivity contribution in [2.45, 2.75) is 37.9 Å². The number of likely N-dealkylation sites (tertiary alicyclic amines) is 1. The lowest BCUT2D eigenvalue weighted by Crippen LogP contribution is -2.66. The standard InChI is InChI=1S/C26H27ClN12O2/c1-14-11-36(18-12-37(13-18)24(41)22(30)40)4-5-38(14)20-7-15(8-28)6-19(21(20)27)33-25-34-23-16(9-29)10-31-39(23)26(35-25)32-17-2-3-17/h6-7,10,14,17-18H,2-5,11-13H2,1H3,(H2,30,40)(H2,32,33,34,35)/t14-/m0/s1. The van der Waals surface area contributed by atoms with Gasteiger partial charge in [0, 0.05) is 50.8 Å². The minimum Gasteiger partial charge on any atom is -0.365 e. The molecule has 2 amide bonds. The first-order valence-corrected chi connectivity index (χ1v) is 13.7. The number of nitrogens with zero attached hydrogens (tertiary/aromatic N) is 9. The van der Waals surface area contributed by atoms with Gasteiger partial charge in [-0.1, -0.05) is 11.6 Å². The van der Waals surface area contributed by atoms with E-state index < -0.39 is 11.8 Å². The smallest absolute Gasteiger partial charge is 0.311 e. The van der Waals surface area contributed by atoms with Crippen LogP contribution >= 0.6 is 11.6 Å². The lowest BCUT2D eigenvalue weighted by Gasteiger charge is -2.50. The number of piperazine rings is 1. The van der Waals surface area contributed by atoms with E-state index in [-0.39, 0.29) is 18.0 Å². The van der Waals surface area contributed by atoms with E-state index in [0.29, 0.717) is 71.3 Å². The number of carbonyl (C=O) groups excluding carboxylic acids is 2. The normalized spacial score (nSPS) is 19.4. The third-order valence-corrected chi connectivity index (χ3v) is 8.07. The molecule has 6 rings (SSSR count). The van der Waals surface area contributed by atoms with Crippen LogP contribution in [0.25, 0.3) is 5.65 Å². The Morgan fingerprint density at radius 1 is 1.12 bits per heavy atom. The summed E-state index contributed by atoms with van der Waals surface area (Å²) in [6.45, 7) is 5.11. The number of carbonyl (C=O) groups is 2. The number of aromatic nitrogens is 4. The summed E-state index contributed by atoms with van der Waals surface area (Å²) in [6, 6.07) is 8.24. The lowest BCUT2D eigenvalue weighted by molar-refractivity contribution is -0.149. The highest BCUT2D eigenvalue weighted by molar-refractivity contribution is 6.36. The minimum atomic E-state index is -0.936. The number of halogens is 1. The highest BCUT2D eigenvalue weighted by Crippen LogP contribution is 2.38. The molecule has 0 radical (unpaired) electrons. The molecular formula is C26H27ClN12O2. The number of primary amides is 1. The Kier molecular flexibility index (Phi) is 6.73. The molecule has 4 N–H and O–H groups in total. The largest absolute Gasteiger partial charge is 0.365 e. The van der Waals surface area contributed by atoms with Crippen molar-refractivity contribution in [2.24, 2.45) is 5.73 Å². The van der Waals surface area contributed by atoms with E-state index in [1.54, 1.807) is 12.1 Å². The molecule has 3 aromatic rings. The van der Waals surface area contributed by atoms with Crippen molar-refractivity contribution in [3.05, 3.63) is 34.5 Å².